The zero-order chi connectivity index (χ0) is 21.1. The van der Waals surface area contributed by atoms with Crippen LogP contribution in [0.4, 0.5) is 4.39 Å². The fourth-order valence-corrected chi connectivity index (χ4v) is 3.59. The minimum atomic E-state index is -0.588. The number of aryl methyl sites for hydroxylation is 1. The number of benzene rings is 1. The van der Waals surface area contributed by atoms with Crippen LogP contribution in [0, 0.1) is 18.7 Å². The van der Waals surface area contributed by atoms with Crippen LogP contribution in [-0.4, -0.2) is 39.2 Å². The van der Waals surface area contributed by atoms with Crippen molar-refractivity contribution in [3.63, 3.8) is 0 Å². The number of ether oxygens (including phenoxy) is 1. The molecule has 1 aliphatic heterocycles. The van der Waals surface area contributed by atoms with Gasteiger partial charge in [0.1, 0.15) is 12.4 Å². The lowest BCUT2D eigenvalue weighted by atomic mass is 9.93. The summed E-state index contributed by atoms with van der Waals surface area (Å²) >= 11 is 0. The molecular weight excluding hydrogens is 377 g/mol. The molecule has 7 nitrogen and oxygen atoms in total. The maximum atomic E-state index is 13.4. The van der Waals surface area contributed by atoms with E-state index >= 15 is 0 Å². The second-order valence-corrected chi connectivity index (χ2v) is 7.43. The summed E-state index contributed by atoms with van der Waals surface area (Å²) in [5, 5.41) is 4.10. The molecule has 1 amide bonds. The molecule has 0 radical (unpaired) electrons. The van der Waals surface area contributed by atoms with Gasteiger partial charge >= 0.3 is 5.97 Å². The molecule has 1 saturated heterocycles. The van der Waals surface area contributed by atoms with Crippen LogP contribution in [0.15, 0.2) is 41.2 Å². The molecule has 3 rings (SSSR count). The van der Waals surface area contributed by atoms with Crippen molar-refractivity contribution in [2.75, 3.05) is 6.54 Å². The van der Waals surface area contributed by atoms with Gasteiger partial charge in [-0.3, -0.25) is 14.4 Å². The molecule has 2 aromatic rings. The molecule has 0 N–H and O–H groups in total. The molecule has 1 fully saturated rings. The summed E-state index contributed by atoms with van der Waals surface area (Å²) in [4.78, 5) is 39.2. The molecule has 0 aliphatic carbocycles. The first-order chi connectivity index (χ1) is 13.8. The molecule has 1 aliphatic rings. The van der Waals surface area contributed by atoms with Crippen LogP contribution >= 0.6 is 0 Å². The third-order valence-corrected chi connectivity index (χ3v) is 4.87. The summed E-state index contributed by atoms with van der Waals surface area (Å²) in [7, 11) is 0. The number of carbonyl (C=O) groups is 2. The van der Waals surface area contributed by atoms with Crippen molar-refractivity contribution in [3.05, 3.63) is 63.8 Å². The number of aromatic nitrogens is 2. The first kappa shape index (κ1) is 20.7. The van der Waals surface area contributed by atoms with Gasteiger partial charge in [-0.05, 0) is 51.0 Å². The minimum Gasteiger partial charge on any atom is -0.463 e. The van der Waals surface area contributed by atoms with Crippen molar-refractivity contribution in [1.82, 2.24) is 14.7 Å². The number of rotatable bonds is 5. The predicted molar refractivity (Wildman–Crippen MR) is 103 cm³/mol. The number of amides is 1. The molecular formula is C21H24FN3O4. The van der Waals surface area contributed by atoms with Gasteiger partial charge in [-0.25, -0.2) is 9.07 Å². The van der Waals surface area contributed by atoms with E-state index in [-0.39, 0.29) is 24.1 Å². The van der Waals surface area contributed by atoms with Crippen LogP contribution in [0.25, 0.3) is 0 Å². The van der Waals surface area contributed by atoms with Gasteiger partial charge in [0.15, 0.2) is 0 Å². The van der Waals surface area contributed by atoms with Crippen molar-refractivity contribution in [2.45, 2.75) is 45.9 Å². The van der Waals surface area contributed by atoms with E-state index in [0.29, 0.717) is 24.2 Å². The Hall–Kier alpha value is -3.03. The van der Waals surface area contributed by atoms with Crippen LogP contribution in [0.3, 0.4) is 0 Å². The molecule has 0 bridgehead atoms. The normalized spacial score (nSPS) is 18.9. The number of hydrogen-bond acceptors (Lipinski definition) is 5. The van der Waals surface area contributed by atoms with Crippen LogP contribution < -0.4 is 5.56 Å². The van der Waals surface area contributed by atoms with E-state index in [1.807, 2.05) is 0 Å². The highest BCUT2D eigenvalue weighted by molar-refractivity contribution is 5.80. The van der Waals surface area contributed by atoms with E-state index in [1.165, 1.54) is 18.2 Å². The molecule has 8 heteroatoms. The predicted octanol–water partition coefficient (Wildman–Crippen LogP) is 2.23. The zero-order valence-corrected chi connectivity index (χ0v) is 16.7. The van der Waals surface area contributed by atoms with E-state index < -0.39 is 23.7 Å². The molecule has 0 spiro atoms. The number of carbonyl (C=O) groups excluding carboxylic acids is 2. The maximum absolute atomic E-state index is 13.4. The zero-order valence-electron chi connectivity index (χ0n) is 16.7. The molecule has 2 heterocycles. The Morgan fingerprint density at radius 1 is 1.21 bits per heavy atom. The fourth-order valence-electron chi connectivity index (χ4n) is 3.59. The summed E-state index contributed by atoms with van der Waals surface area (Å²) in [6, 6.07) is 8.09. The highest BCUT2D eigenvalue weighted by Gasteiger charge is 2.43. The summed E-state index contributed by atoms with van der Waals surface area (Å²) in [6.45, 7) is 5.36. The summed E-state index contributed by atoms with van der Waals surface area (Å²) < 4.78 is 19.9. The van der Waals surface area contributed by atoms with Crippen LogP contribution in [0.1, 0.15) is 37.6 Å². The quantitative estimate of drug-likeness (QED) is 0.718. The van der Waals surface area contributed by atoms with Crippen molar-refractivity contribution in [3.8, 4) is 0 Å². The van der Waals surface area contributed by atoms with Crippen LogP contribution in [-0.2, 0) is 20.9 Å². The van der Waals surface area contributed by atoms with Crippen molar-refractivity contribution < 1.29 is 18.7 Å². The van der Waals surface area contributed by atoms with Crippen molar-refractivity contribution in [2.24, 2.45) is 5.92 Å². The maximum Gasteiger partial charge on any atom is 0.311 e. The van der Waals surface area contributed by atoms with Gasteiger partial charge in [0.05, 0.1) is 23.8 Å². The van der Waals surface area contributed by atoms with Crippen LogP contribution in [0.5, 0.6) is 0 Å². The first-order valence-electron chi connectivity index (χ1n) is 9.56. The second kappa shape index (κ2) is 8.55. The fraction of sp³-hybridized carbons (Fsp3) is 0.429. The Bertz CT molecular complexity index is 955. The number of esters is 1. The summed E-state index contributed by atoms with van der Waals surface area (Å²) in [6.07, 6.45) is 0.145. The molecule has 29 heavy (non-hydrogen) atoms. The van der Waals surface area contributed by atoms with E-state index in [0.717, 1.165) is 4.68 Å². The first-order valence-corrected chi connectivity index (χ1v) is 9.56. The minimum absolute atomic E-state index is 0.232. The monoisotopic (exact) mass is 401 g/mol. The van der Waals surface area contributed by atoms with Gasteiger partial charge in [-0.1, -0.05) is 12.1 Å². The standard InChI is InChI=1S/C21H24FN3O4/c1-13(2)29-21(28)17-10-11-24(20(17)15-5-7-16(22)8-6-15)19(27)12-25-18(26)9-4-14(3)23-25/h4-9,13,17,20H,10-12H2,1-3H3/t17-,20-/m1/s1. The highest BCUT2D eigenvalue weighted by atomic mass is 19.1. The molecule has 1 aromatic carbocycles. The van der Waals surface area contributed by atoms with Crippen molar-refractivity contribution >= 4 is 11.9 Å². The topological polar surface area (TPSA) is 81.5 Å². The SMILES string of the molecule is Cc1ccc(=O)n(CC(=O)N2CC[C@@H](C(=O)OC(C)C)[C@H]2c2ccc(F)cc2)n1. The van der Waals surface area contributed by atoms with Gasteiger partial charge in [-0.15, -0.1) is 0 Å². The van der Waals surface area contributed by atoms with Gasteiger partial charge in [0, 0.05) is 12.6 Å². The molecule has 0 saturated carbocycles. The number of likely N-dealkylation sites (tertiary alicyclic amines) is 1. The molecule has 154 valence electrons. The highest BCUT2D eigenvalue weighted by Crippen LogP contribution is 2.38. The van der Waals surface area contributed by atoms with E-state index in [9.17, 15) is 18.8 Å². The van der Waals surface area contributed by atoms with Gasteiger partial charge in [-0.2, -0.15) is 5.10 Å². The Labute approximate surface area is 168 Å². The molecule has 0 unspecified atom stereocenters. The Kier molecular flexibility index (Phi) is 6.10. The number of nitrogens with zero attached hydrogens (tertiary/aromatic N) is 3. The van der Waals surface area contributed by atoms with Gasteiger partial charge in [0.2, 0.25) is 5.91 Å². The molecule has 2 atom stereocenters. The average Bonchev–Trinajstić information content (AvgIpc) is 3.10. The van der Waals surface area contributed by atoms with Crippen molar-refractivity contribution in [1.29, 1.82) is 0 Å². The van der Waals surface area contributed by atoms with E-state index in [1.54, 1.807) is 43.9 Å². The van der Waals surface area contributed by atoms with Gasteiger partial charge in [0.25, 0.3) is 5.56 Å². The summed E-state index contributed by atoms with van der Waals surface area (Å²) in [5.41, 5.74) is 0.886. The number of halogens is 1. The average molecular weight is 401 g/mol. The lowest BCUT2D eigenvalue weighted by Gasteiger charge is -2.28. The summed E-state index contributed by atoms with van der Waals surface area (Å²) in [5.74, 6) is -1.69. The van der Waals surface area contributed by atoms with E-state index in [4.69, 9.17) is 4.74 Å². The lowest BCUT2D eigenvalue weighted by Crippen LogP contribution is -2.39. The molecule has 1 aromatic heterocycles. The Balaban J connectivity index is 1.90. The Morgan fingerprint density at radius 3 is 2.55 bits per heavy atom. The smallest absolute Gasteiger partial charge is 0.311 e. The third kappa shape index (κ3) is 4.70. The Morgan fingerprint density at radius 2 is 1.90 bits per heavy atom. The second-order valence-electron chi connectivity index (χ2n) is 7.43. The largest absolute Gasteiger partial charge is 0.463 e. The lowest BCUT2D eigenvalue weighted by molar-refractivity contribution is -0.153. The third-order valence-electron chi connectivity index (χ3n) is 4.87. The van der Waals surface area contributed by atoms with Gasteiger partial charge < -0.3 is 9.64 Å². The van der Waals surface area contributed by atoms with E-state index in [2.05, 4.69) is 5.10 Å². The number of hydrogen-bond donors (Lipinski definition) is 0. The van der Waals surface area contributed by atoms with Crippen LogP contribution in [0.2, 0.25) is 0 Å².